The van der Waals surface area contributed by atoms with E-state index in [1.165, 1.54) is 0 Å². The molecule has 7 heteroatoms. The zero-order valence-electron chi connectivity index (χ0n) is 14.9. The van der Waals surface area contributed by atoms with Crippen LogP contribution in [0.1, 0.15) is 16.7 Å². The highest BCUT2D eigenvalue weighted by atomic mass is 35.5. The fourth-order valence-electron chi connectivity index (χ4n) is 3.06. The van der Waals surface area contributed by atoms with Crippen molar-refractivity contribution in [3.63, 3.8) is 0 Å². The Balaban J connectivity index is 1.69. The summed E-state index contributed by atoms with van der Waals surface area (Å²) in [7, 11) is -3.46. The van der Waals surface area contributed by atoms with Gasteiger partial charge in [-0.2, -0.15) is 4.31 Å². The first-order chi connectivity index (χ1) is 12.3. The monoisotopic (exact) mass is 412 g/mol. The average Bonchev–Trinajstić information content (AvgIpc) is 2.61. The molecular weight excluding hydrogens is 391 g/mol. The highest BCUT2D eigenvalue weighted by Gasteiger charge is 2.29. The molecule has 1 aliphatic heterocycles. The number of hydrogen-bond acceptors (Lipinski definition) is 3. The lowest BCUT2D eigenvalue weighted by atomic mass is 10.1. The molecular formula is C19H22Cl2N2O2S. The van der Waals surface area contributed by atoms with Crippen molar-refractivity contribution in [2.45, 2.75) is 25.3 Å². The fraction of sp³-hybridized carbons (Fsp3) is 0.368. The SMILES string of the molecule is Cc1ccc(S(=O)(=O)N2CCN(Cc3c(Cl)cccc3Cl)CC2)cc1C. The van der Waals surface area contributed by atoms with Gasteiger partial charge in [-0.1, -0.05) is 35.3 Å². The molecule has 1 heterocycles. The van der Waals surface area contributed by atoms with Crippen LogP contribution in [-0.2, 0) is 16.6 Å². The summed E-state index contributed by atoms with van der Waals surface area (Å²) in [5.41, 5.74) is 2.96. The fourth-order valence-corrected chi connectivity index (χ4v) is 5.08. The molecule has 0 aliphatic carbocycles. The third-order valence-electron chi connectivity index (χ3n) is 4.89. The van der Waals surface area contributed by atoms with Gasteiger partial charge < -0.3 is 0 Å². The minimum Gasteiger partial charge on any atom is -0.296 e. The predicted octanol–water partition coefficient (Wildman–Crippen LogP) is 4.12. The van der Waals surface area contributed by atoms with Crippen LogP contribution in [0.5, 0.6) is 0 Å². The van der Waals surface area contributed by atoms with Crippen molar-refractivity contribution >= 4 is 33.2 Å². The molecule has 2 aromatic rings. The molecule has 0 N–H and O–H groups in total. The van der Waals surface area contributed by atoms with Crippen LogP contribution >= 0.6 is 23.2 Å². The van der Waals surface area contributed by atoms with Gasteiger partial charge in [-0.3, -0.25) is 4.90 Å². The standard InChI is InChI=1S/C19H22Cl2N2O2S/c1-14-6-7-16(12-15(14)2)26(24,25)23-10-8-22(9-11-23)13-17-18(20)4-3-5-19(17)21/h3-7,12H,8-11,13H2,1-2H3. The molecule has 26 heavy (non-hydrogen) atoms. The molecule has 0 bridgehead atoms. The Kier molecular flexibility index (Phi) is 5.94. The summed E-state index contributed by atoms with van der Waals surface area (Å²) in [6.07, 6.45) is 0. The minimum absolute atomic E-state index is 0.364. The van der Waals surface area contributed by atoms with Gasteiger partial charge in [0.1, 0.15) is 0 Å². The van der Waals surface area contributed by atoms with Gasteiger partial charge in [0.05, 0.1) is 4.90 Å². The molecule has 4 nitrogen and oxygen atoms in total. The number of rotatable bonds is 4. The quantitative estimate of drug-likeness (QED) is 0.757. The van der Waals surface area contributed by atoms with Gasteiger partial charge in [0, 0.05) is 48.3 Å². The van der Waals surface area contributed by atoms with E-state index >= 15 is 0 Å². The van der Waals surface area contributed by atoms with E-state index in [4.69, 9.17) is 23.2 Å². The van der Waals surface area contributed by atoms with E-state index in [9.17, 15) is 8.42 Å². The van der Waals surface area contributed by atoms with Crippen LogP contribution in [-0.4, -0.2) is 43.8 Å². The maximum Gasteiger partial charge on any atom is 0.243 e. The molecule has 0 atom stereocenters. The summed E-state index contributed by atoms with van der Waals surface area (Å²) in [5.74, 6) is 0. The van der Waals surface area contributed by atoms with Crippen LogP contribution in [0.25, 0.3) is 0 Å². The molecule has 0 unspecified atom stereocenters. The van der Waals surface area contributed by atoms with E-state index in [0.717, 1.165) is 16.7 Å². The summed E-state index contributed by atoms with van der Waals surface area (Å²) in [6, 6.07) is 10.8. The van der Waals surface area contributed by atoms with Gasteiger partial charge in [0.15, 0.2) is 0 Å². The highest BCUT2D eigenvalue weighted by Crippen LogP contribution is 2.27. The van der Waals surface area contributed by atoms with Gasteiger partial charge in [0.25, 0.3) is 0 Å². The van der Waals surface area contributed by atoms with Crippen LogP contribution in [0.2, 0.25) is 10.0 Å². The molecule has 1 saturated heterocycles. The Morgan fingerprint density at radius 2 is 1.54 bits per heavy atom. The first-order valence-electron chi connectivity index (χ1n) is 8.51. The minimum atomic E-state index is -3.46. The van der Waals surface area contributed by atoms with Crippen LogP contribution in [0.4, 0.5) is 0 Å². The molecule has 0 amide bonds. The molecule has 0 spiro atoms. The molecule has 0 aromatic heterocycles. The van der Waals surface area contributed by atoms with Crippen molar-refractivity contribution < 1.29 is 8.42 Å². The van der Waals surface area contributed by atoms with E-state index in [1.807, 2.05) is 38.1 Å². The molecule has 1 fully saturated rings. The van der Waals surface area contributed by atoms with E-state index in [2.05, 4.69) is 4.90 Å². The third-order valence-corrected chi connectivity index (χ3v) is 7.49. The Labute approximate surface area is 165 Å². The van der Waals surface area contributed by atoms with E-state index in [-0.39, 0.29) is 0 Å². The number of piperazine rings is 1. The lowest BCUT2D eigenvalue weighted by molar-refractivity contribution is 0.181. The Hall–Kier alpha value is -1.11. The third kappa shape index (κ3) is 4.07. The van der Waals surface area contributed by atoms with Gasteiger partial charge in [0.2, 0.25) is 10.0 Å². The second-order valence-electron chi connectivity index (χ2n) is 6.63. The number of nitrogens with zero attached hydrogens (tertiary/aromatic N) is 2. The second kappa shape index (κ2) is 7.87. The van der Waals surface area contributed by atoms with Crippen LogP contribution in [0.15, 0.2) is 41.3 Å². The largest absolute Gasteiger partial charge is 0.296 e. The maximum absolute atomic E-state index is 12.9. The van der Waals surface area contributed by atoms with Crippen molar-refractivity contribution in [3.05, 3.63) is 63.1 Å². The number of halogens is 2. The predicted molar refractivity (Wildman–Crippen MR) is 106 cm³/mol. The van der Waals surface area contributed by atoms with Crippen molar-refractivity contribution in [2.75, 3.05) is 26.2 Å². The zero-order valence-corrected chi connectivity index (χ0v) is 17.2. The van der Waals surface area contributed by atoms with Gasteiger partial charge in [-0.15, -0.1) is 0 Å². The van der Waals surface area contributed by atoms with Gasteiger partial charge in [-0.25, -0.2) is 8.42 Å². The molecule has 0 radical (unpaired) electrons. The average molecular weight is 413 g/mol. The van der Waals surface area contributed by atoms with E-state index in [1.54, 1.807) is 16.4 Å². The van der Waals surface area contributed by atoms with Crippen LogP contribution in [0, 0.1) is 13.8 Å². The first kappa shape index (κ1) is 19.6. The summed E-state index contributed by atoms with van der Waals surface area (Å²) in [4.78, 5) is 2.54. The number of hydrogen-bond donors (Lipinski definition) is 0. The number of benzene rings is 2. The maximum atomic E-state index is 12.9. The summed E-state index contributed by atoms with van der Waals surface area (Å²) in [6.45, 7) is 6.73. The van der Waals surface area contributed by atoms with Gasteiger partial charge in [-0.05, 0) is 49.2 Å². The Morgan fingerprint density at radius 3 is 2.12 bits per heavy atom. The Bertz CT molecular complexity index is 888. The smallest absolute Gasteiger partial charge is 0.243 e. The van der Waals surface area contributed by atoms with Crippen LogP contribution < -0.4 is 0 Å². The normalized spacial score (nSPS) is 16.8. The summed E-state index contributed by atoms with van der Waals surface area (Å²) >= 11 is 12.5. The Morgan fingerprint density at radius 1 is 0.923 bits per heavy atom. The second-order valence-corrected chi connectivity index (χ2v) is 9.38. The van der Waals surface area contributed by atoms with Crippen molar-refractivity contribution in [1.29, 1.82) is 0 Å². The lowest BCUT2D eigenvalue weighted by Crippen LogP contribution is -2.48. The topological polar surface area (TPSA) is 40.6 Å². The molecule has 3 rings (SSSR count). The van der Waals surface area contributed by atoms with Crippen LogP contribution in [0.3, 0.4) is 0 Å². The lowest BCUT2D eigenvalue weighted by Gasteiger charge is -2.34. The molecule has 1 aliphatic rings. The first-order valence-corrected chi connectivity index (χ1v) is 10.7. The summed E-state index contributed by atoms with van der Waals surface area (Å²) < 4.78 is 27.3. The zero-order chi connectivity index (χ0) is 18.9. The number of sulfonamides is 1. The number of aryl methyl sites for hydroxylation is 2. The molecule has 0 saturated carbocycles. The van der Waals surface area contributed by atoms with Crippen molar-refractivity contribution in [1.82, 2.24) is 9.21 Å². The summed E-state index contributed by atoms with van der Waals surface area (Å²) in [5, 5.41) is 1.28. The van der Waals surface area contributed by atoms with E-state index in [0.29, 0.717) is 47.7 Å². The van der Waals surface area contributed by atoms with Crippen molar-refractivity contribution in [3.8, 4) is 0 Å². The molecule has 140 valence electrons. The van der Waals surface area contributed by atoms with Gasteiger partial charge >= 0.3 is 0 Å². The van der Waals surface area contributed by atoms with Crippen molar-refractivity contribution in [2.24, 2.45) is 0 Å². The highest BCUT2D eigenvalue weighted by molar-refractivity contribution is 7.89. The van der Waals surface area contributed by atoms with E-state index < -0.39 is 10.0 Å². The molecule has 2 aromatic carbocycles.